The normalized spacial score (nSPS) is 15.6. The molecule has 1 fully saturated rings. The Morgan fingerprint density at radius 3 is 2.57 bits per heavy atom. The molecule has 28 heavy (non-hydrogen) atoms. The van der Waals surface area contributed by atoms with Gasteiger partial charge < -0.3 is 14.8 Å². The molecular formula is C21H23ClN2O4. The Morgan fingerprint density at radius 1 is 1.14 bits per heavy atom. The van der Waals surface area contributed by atoms with Crippen LogP contribution in [0.2, 0.25) is 5.02 Å². The highest BCUT2D eigenvalue weighted by atomic mass is 35.5. The fourth-order valence-corrected chi connectivity index (χ4v) is 3.46. The first kappa shape index (κ1) is 20.3. The number of hydrogen-bond donors (Lipinski definition) is 1. The molecule has 7 heteroatoms. The van der Waals surface area contributed by atoms with Crippen LogP contribution in [0, 0.1) is 0 Å². The van der Waals surface area contributed by atoms with Crippen molar-refractivity contribution in [1.29, 1.82) is 0 Å². The van der Waals surface area contributed by atoms with Gasteiger partial charge in [-0.15, -0.1) is 0 Å². The zero-order valence-electron chi connectivity index (χ0n) is 15.7. The van der Waals surface area contributed by atoms with Crippen LogP contribution in [-0.2, 0) is 9.47 Å². The lowest BCUT2D eigenvalue weighted by atomic mass is 10.0. The summed E-state index contributed by atoms with van der Waals surface area (Å²) in [6, 6.07) is 14.1. The van der Waals surface area contributed by atoms with Gasteiger partial charge in [0.15, 0.2) is 0 Å². The number of benzene rings is 2. The number of esters is 1. The Balaban J connectivity index is 1.74. The zero-order chi connectivity index (χ0) is 19.9. The van der Waals surface area contributed by atoms with Gasteiger partial charge in [-0.05, 0) is 35.9 Å². The van der Waals surface area contributed by atoms with Crippen LogP contribution in [0.4, 0.5) is 0 Å². The molecule has 0 spiro atoms. The van der Waals surface area contributed by atoms with E-state index in [1.54, 1.807) is 18.2 Å². The van der Waals surface area contributed by atoms with Gasteiger partial charge in [-0.1, -0.05) is 29.8 Å². The molecule has 3 rings (SSSR count). The van der Waals surface area contributed by atoms with E-state index in [-0.39, 0.29) is 11.9 Å². The summed E-state index contributed by atoms with van der Waals surface area (Å²) in [5, 5.41) is 3.64. The van der Waals surface area contributed by atoms with E-state index in [4.69, 9.17) is 21.1 Å². The van der Waals surface area contributed by atoms with Crippen LogP contribution in [0.25, 0.3) is 0 Å². The lowest BCUT2D eigenvalue weighted by Gasteiger charge is -2.35. The van der Waals surface area contributed by atoms with E-state index in [9.17, 15) is 9.59 Å². The van der Waals surface area contributed by atoms with Gasteiger partial charge in [0.25, 0.3) is 5.91 Å². The molecular weight excluding hydrogens is 380 g/mol. The highest BCUT2D eigenvalue weighted by Crippen LogP contribution is 2.24. The van der Waals surface area contributed by atoms with E-state index in [0.29, 0.717) is 35.9 Å². The topological polar surface area (TPSA) is 67.9 Å². The number of halogens is 1. The monoisotopic (exact) mass is 402 g/mol. The Bertz CT molecular complexity index is 837. The molecule has 1 aliphatic heterocycles. The number of morpholine rings is 1. The maximum absolute atomic E-state index is 12.7. The van der Waals surface area contributed by atoms with Gasteiger partial charge in [0, 0.05) is 30.2 Å². The van der Waals surface area contributed by atoms with Crippen molar-refractivity contribution in [1.82, 2.24) is 10.2 Å². The molecule has 6 nitrogen and oxygen atoms in total. The fraction of sp³-hybridized carbons (Fsp3) is 0.333. The highest BCUT2D eigenvalue weighted by molar-refractivity contribution is 6.30. The van der Waals surface area contributed by atoms with Crippen molar-refractivity contribution in [3.63, 3.8) is 0 Å². The molecule has 1 saturated heterocycles. The summed E-state index contributed by atoms with van der Waals surface area (Å²) in [4.78, 5) is 26.6. The van der Waals surface area contributed by atoms with E-state index in [1.807, 2.05) is 24.3 Å². The van der Waals surface area contributed by atoms with Crippen LogP contribution in [-0.4, -0.2) is 56.7 Å². The average Bonchev–Trinajstić information content (AvgIpc) is 2.74. The summed E-state index contributed by atoms with van der Waals surface area (Å²) in [5.74, 6) is -0.717. The third-order valence-corrected chi connectivity index (χ3v) is 4.96. The van der Waals surface area contributed by atoms with Gasteiger partial charge in [0.1, 0.15) is 0 Å². The number of nitrogens with zero attached hydrogens (tertiary/aromatic N) is 1. The molecule has 1 N–H and O–H groups in total. The third kappa shape index (κ3) is 5.10. The predicted octanol–water partition coefficient (Wildman–Crippen LogP) is 2.93. The first-order valence-corrected chi connectivity index (χ1v) is 9.50. The van der Waals surface area contributed by atoms with Crippen molar-refractivity contribution in [2.24, 2.45) is 0 Å². The number of rotatable bonds is 6. The van der Waals surface area contributed by atoms with Crippen LogP contribution >= 0.6 is 11.6 Å². The molecule has 148 valence electrons. The van der Waals surface area contributed by atoms with Crippen molar-refractivity contribution in [3.8, 4) is 0 Å². The van der Waals surface area contributed by atoms with E-state index in [2.05, 4.69) is 10.2 Å². The minimum atomic E-state index is -0.472. The van der Waals surface area contributed by atoms with Gasteiger partial charge in [-0.2, -0.15) is 0 Å². The van der Waals surface area contributed by atoms with Crippen molar-refractivity contribution in [2.75, 3.05) is 40.0 Å². The van der Waals surface area contributed by atoms with Crippen LogP contribution in [0.15, 0.2) is 48.5 Å². The molecule has 1 unspecified atom stereocenters. The second-order valence-electron chi connectivity index (χ2n) is 6.50. The summed E-state index contributed by atoms with van der Waals surface area (Å²) in [6.07, 6.45) is 0. The molecule has 1 heterocycles. The zero-order valence-corrected chi connectivity index (χ0v) is 16.4. The average molecular weight is 403 g/mol. The smallest absolute Gasteiger partial charge is 0.337 e. The van der Waals surface area contributed by atoms with E-state index in [1.165, 1.54) is 13.2 Å². The summed E-state index contributed by atoms with van der Waals surface area (Å²) >= 11 is 6.17. The Morgan fingerprint density at radius 2 is 1.86 bits per heavy atom. The van der Waals surface area contributed by atoms with E-state index >= 15 is 0 Å². The molecule has 0 radical (unpaired) electrons. The molecule has 0 saturated carbocycles. The second kappa shape index (κ2) is 9.68. The van der Waals surface area contributed by atoms with Gasteiger partial charge >= 0.3 is 5.97 Å². The summed E-state index contributed by atoms with van der Waals surface area (Å²) in [6.45, 7) is 3.30. The third-order valence-electron chi connectivity index (χ3n) is 4.72. The Kier molecular flexibility index (Phi) is 7.03. The molecule has 1 atom stereocenters. The van der Waals surface area contributed by atoms with E-state index < -0.39 is 5.97 Å². The highest BCUT2D eigenvalue weighted by Gasteiger charge is 2.23. The van der Waals surface area contributed by atoms with Gasteiger partial charge in [0.05, 0.1) is 31.9 Å². The lowest BCUT2D eigenvalue weighted by molar-refractivity contribution is 0.0162. The molecule has 0 bridgehead atoms. The Labute approximate surface area is 169 Å². The first-order valence-electron chi connectivity index (χ1n) is 9.12. The van der Waals surface area contributed by atoms with Crippen LogP contribution in [0.5, 0.6) is 0 Å². The minimum Gasteiger partial charge on any atom is -0.465 e. The van der Waals surface area contributed by atoms with Gasteiger partial charge in [0.2, 0.25) is 0 Å². The summed E-state index contributed by atoms with van der Waals surface area (Å²) in [5.41, 5.74) is 1.79. The Hall–Kier alpha value is -2.41. The van der Waals surface area contributed by atoms with Crippen LogP contribution in [0.3, 0.4) is 0 Å². The maximum atomic E-state index is 12.7. The lowest BCUT2D eigenvalue weighted by Crippen LogP contribution is -2.43. The quantitative estimate of drug-likeness (QED) is 0.752. The predicted molar refractivity (Wildman–Crippen MR) is 107 cm³/mol. The molecule has 1 aliphatic rings. The number of ether oxygens (including phenoxy) is 2. The first-order chi connectivity index (χ1) is 13.6. The second-order valence-corrected chi connectivity index (χ2v) is 6.94. The maximum Gasteiger partial charge on any atom is 0.337 e. The number of carbonyl (C=O) groups excluding carboxylic acids is 2. The molecule has 2 aromatic carbocycles. The number of amides is 1. The van der Waals surface area contributed by atoms with Crippen LogP contribution < -0.4 is 5.32 Å². The number of methoxy groups -OCH3 is 1. The number of hydrogen-bond acceptors (Lipinski definition) is 5. The van der Waals surface area contributed by atoms with Crippen molar-refractivity contribution in [3.05, 3.63) is 70.2 Å². The van der Waals surface area contributed by atoms with Crippen molar-refractivity contribution >= 4 is 23.5 Å². The fourth-order valence-electron chi connectivity index (χ4n) is 3.26. The van der Waals surface area contributed by atoms with Gasteiger partial charge in [-0.25, -0.2) is 4.79 Å². The molecule has 1 amide bonds. The molecule has 0 aromatic heterocycles. The van der Waals surface area contributed by atoms with Crippen molar-refractivity contribution < 1.29 is 19.1 Å². The summed E-state index contributed by atoms with van der Waals surface area (Å²) in [7, 11) is 1.31. The van der Waals surface area contributed by atoms with Crippen LogP contribution in [0.1, 0.15) is 32.3 Å². The largest absolute Gasteiger partial charge is 0.465 e. The standard InChI is InChI=1S/C21H23ClN2O4/c1-27-21(26)17-6-2-5-16(12-17)20(25)23-14-19(24-8-10-28-11-9-24)15-4-3-7-18(22)13-15/h2-7,12-13,19H,8-11,14H2,1H3,(H,23,25). The molecule has 0 aliphatic carbocycles. The molecule has 2 aromatic rings. The SMILES string of the molecule is COC(=O)c1cccc(C(=O)NCC(c2cccc(Cl)c2)N2CCOCC2)c1. The van der Waals surface area contributed by atoms with Gasteiger partial charge in [-0.3, -0.25) is 9.69 Å². The summed E-state index contributed by atoms with van der Waals surface area (Å²) < 4.78 is 10.2. The number of nitrogens with one attached hydrogen (secondary N) is 1. The van der Waals surface area contributed by atoms with Crippen molar-refractivity contribution in [2.45, 2.75) is 6.04 Å². The number of carbonyl (C=O) groups is 2. The van der Waals surface area contributed by atoms with E-state index in [0.717, 1.165) is 18.7 Å². The minimum absolute atomic E-state index is 0.0182.